The van der Waals surface area contributed by atoms with E-state index in [1.807, 2.05) is 66.7 Å². The lowest BCUT2D eigenvalue weighted by atomic mass is 9.98. The molecular formula is C29H31BrN4O3. The van der Waals surface area contributed by atoms with Gasteiger partial charge in [-0.15, -0.1) is 0 Å². The zero-order valence-electron chi connectivity index (χ0n) is 21.0. The number of aryl methyl sites for hydroxylation is 1. The number of fused-ring (bicyclic) bond motifs is 1. The highest BCUT2D eigenvalue weighted by atomic mass is 79.9. The second-order valence-corrected chi connectivity index (χ2v) is 9.82. The molecule has 0 aromatic heterocycles. The summed E-state index contributed by atoms with van der Waals surface area (Å²) in [5.74, 6) is -0.229. The van der Waals surface area contributed by atoms with Crippen molar-refractivity contribution in [3.05, 3.63) is 87.9 Å². The number of carbonyl (C=O) groups is 3. The largest absolute Gasteiger partial charge is 0.344 e. The maximum atomic E-state index is 13.6. The fourth-order valence-corrected chi connectivity index (χ4v) is 5.05. The van der Waals surface area contributed by atoms with E-state index in [1.54, 1.807) is 18.9 Å². The first-order chi connectivity index (χ1) is 17.9. The van der Waals surface area contributed by atoms with Crippen LogP contribution in [-0.2, 0) is 29.1 Å². The monoisotopic (exact) mass is 562 g/mol. The fraction of sp³-hybridized carbons (Fsp3) is 0.276. The third-order valence-corrected chi connectivity index (χ3v) is 7.32. The second-order valence-electron chi connectivity index (χ2n) is 8.96. The van der Waals surface area contributed by atoms with E-state index in [1.165, 1.54) is 0 Å². The molecule has 37 heavy (non-hydrogen) atoms. The molecule has 1 aliphatic rings. The van der Waals surface area contributed by atoms with Crippen LogP contribution in [0.5, 0.6) is 0 Å². The summed E-state index contributed by atoms with van der Waals surface area (Å²) in [5, 5.41) is 8.32. The summed E-state index contributed by atoms with van der Waals surface area (Å²) in [5.41, 5.74) is 5.94. The Bertz CT molecular complexity index is 1310. The minimum Gasteiger partial charge on any atom is -0.344 e. The lowest BCUT2D eigenvalue weighted by molar-refractivity contribution is -0.127. The number of halogens is 1. The summed E-state index contributed by atoms with van der Waals surface area (Å²) in [4.78, 5) is 39.2. The van der Waals surface area contributed by atoms with E-state index in [2.05, 4.69) is 31.9 Å². The van der Waals surface area contributed by atoms with Crippen molar-refractivity contribution in [1.29, 1.82) is 0 Å². The van der Waals surface area contributed by atoms with Gasteiger partial charge in [0, 0.05) is 30.2 Å². The minimum absolute atomic E-state index is 0.103. The van der Waals surface area contributed by atoms with Gasteiger partial charge in [-0.05, 0) is 52.8 Å². The van der Waals surface area contributed by atoms with Gasteiger partial charge >= 0.3 is 6.03 Å². The predicted octanol–water partition coefficient (Wildman–Crippen LogP) is 4.92. The van der Waals surface area contributed by atoms with E-state index in [-0.39, 0.29) is 17.8 Å². The Kier molecular flexibility index (Phi) is 8.61. The maximum Gasteiger partial charge on any atom is 0.314 e. The van der Waals surface area contributed by atoms with Crippen molar-refractivity contribution in [3.8, 4) is 11.1 Å². The van der Waals surface area contributed by atoms with Crippen LogP contribution in [0.25, 0.3) is 11.1 Å². The SMILES string of the molecule is CCC(=O)N[C@@H]1CCc2ccccc2N(Cc2ccc(-c3ccccc3CNC(=O)NC)cc2Br)C1=O. The van der Waals surface area contributed by atoms with Gasteiger partial charge < -0.3 is 20.9 Å². The molecule has 8 heteroatoms. The Morgan fingerprint density at radius 1 is 1.03 bits per heavy atom. The van der Waals surface area contributed by atoms with Crippen molar-refractivity contribution in [2.24, 2.45) is 0 Å². The molecule has 0 saturated heterocycles. The molecule has 0 bridgehead atoms. The van der Waals surface area contributed by atoms with E-state index in [4.69, 9.17) is 0 Å². The first-order valence-electron chi connectivity index (χ1n) is 12.4. The topological polar surface area (TPSA) is 90.5 Å². The highest BCUT2D eigenvalue weighted by molar-refractivity contribution is 9.10. The highest BCUT2D eigenvalue weighted by Crippen LogP contribution is 2.33. The molecule has 7 nitrogen and oxygen atoms in total. The number of rotatable bonds is 7. The molecule has 0 fully saturated rings. The van der Waals surface area contributed by atoms with Gasteiger partial charge in [-0.3, -0.25) is 9.59 Å². The Morgan fingerprint density at radius 3 is 2.54 bits per heavy atom. The summed E-state index contributed by atoms with van der Waals surface area (Å²) >= 11 is 3.73. The zero-order valence-corrected chi connectivity index (χ0v) is 22.6. The maximum absolute atomic E-state index is 13.6. The van der Waals surface area contributed by atoms with Gasteiger partial charge in [-0.1, -0.05) is 77.5 Å². The summed E-state index contributed by atoms with van der Waals surface area (Å²) < 4.78 is 0.878. The number of carbonyl (C=O) groups excluding carboxylic acids is 3. The minimum atomic E-state index is -0.558. The summed E-state index contributed by atoms with van der Waals surface area (Å²) in [6.45, 7) is 2.56. The summed E-state index contributed by atoms with van der Waals surface area (Å²) in [6.07, 6.45) is 1.62. The van der Waals surface area contributed by atoms with Crippen LogP contribution in [-0.4, -0.2) is 30.9 Å². The van der Waals surface area contributed by atoms with Crippen LogP contribution >= 0.6 is 15.9 Å². The molecule has 4 rings (SSSR count). The number of hydrogen-bond acceptors (Lipinski definition) is 3. The van der Waals surface area contributed by atoms with Crippen LogP contribution in [0.3, 0.4) is 0 Å². The number of hydrogen-bond donors (Lipinski definition) is 3. The van der Waals surface area contributed by atoms with E-state index in [9.17, 15) is 14.4 Å². The quantitative estimate of drug-likeness (QED) is 0.381. The first-order valence-corrected chi connectivity index (χ1v) is 13.2. The highest BCUT2D eigenvalue weighted by Gasteiger charge is 2.31. The van der Waals surface area contributed by atoms with Gasteiger partial charge in [0.25, 0.3) is 0 Å². The number of anilines is 1. The number of benzene rings is 3. The van der Waals surface area contributed by atoms with Crippen molar-refractivity contribution in [2.75, 3.05) is 11.9 Å². The van der Waals surface area contributed by atoms with Gasteiger partial charge in [0.2, 0.25) is 11.8 Å². The Morgan fingerprint density at radius 2 is 1.78 bits per heavy atom. The van der Waals surface area contributed by atoms with Crippen molar-refractivity contribution in [3.63, 3.8) is 0 Å². The van der Waals surface area contributed by atoms with Crippen LogP contribution in [0.2, 0.25) is 0 Å². The molecule has 1 atom stereocenters. The predicted molar refractivity (Wildman–Crippen MR) is 149 cm³/mol. The third kappa shape index (κ3) is 6.20. The molecule has 192 valence electrons. The Balaban J connectivity index is 1.62. The lowest BCUT2D eigenvalue weighted by Crippen LogP contribution is -2.47. The standard InChI is InChI=1S/C29H31BrN4O3/c1-3-27(35)33-25-15-14-19-8-5-7-11-26(19)34(28(25)36)18-22-13-12-20(16-24(22)30)23-10-6-4-9-21(23)17-32-29(37)31-2/h4-13,16,25H,3,14-15,17-18H2,1-2H3,(H,33,35)(H2,31,32,37)/t25-/m1/s1. The summed E-state index contributed by atoms with van der Waals surface area (Å²) in [6, 6.07) is 21.2. The van der Waals surface area contributed by atoms with Gasteiger partial charge in [0.15, 0.2) is 0 Å². The number of amides is 4. The molecule has 0 saturated carbocycles. The fourth-order valence-electron chi connectivity index (χ4n) is 4.54. The van der Waals surface area contributed by atoms with Crippen molar-refractivity contribution in [1.82, 2.24) is 16.0 Å². The van der Waals surface area contributed by atoms with Crippen molar-refractivity contribution < 1.29 is 14.4 Å². The molecule has 1 heterocycles. The van der Waals surface area contributed by atoms with Crippen LogP contribution in [0, 0.1) is 0 Å². The second kappa shape index (κ2) is 12.1. The van der Waals surface area contributed by atoms with Gasteiger partial charge in [0.05, 0.1) is 6.54 Å². The Hall–Kier alpha value is -3.65. The smallest absolute Gasteiger partial charge is 0.314 e. The van der Waals surface area contributed by atoms with Gasteiger partial charge in [-0.2, -0.15) is 0 Å². The Labute approximate surface area is 225 Å². The number of nitrogens with zero attached hydrogens (tertiary/aromatic N) is 1. The molecule has 0 aliphatic carbocycles. The summed E-state index contributed by atoms with van der Waals surface area (Å²) in [7, 11) is 1.59. The molecule has 0 radical (unpaired) electrons. The molecule has 4 amide bonds. The van der Waals surface area contributed by atoms with Gasteiger partial charge in [-0.25, -0.2) is 4.79 Å². The lowest BCUT2D eigenvalue weighted by Gasteiger charge is -2.27. The number of urea groups is 1. The van der Waals surface area contributed by atoms with Crippen molar-refractivity contribution in [2.45, 2.75) is 45.3 Å². The number of para-hydroxylation sites is 1. The third-order valence-electron chi connectivity index (χ3n) is 6.58. The number of nitrogens with one attached hydrogen (secondary N) is 3. The van der Waals surface area contributed by atoms with E-state index >= 15 is 0 Å². The molecule has 0 spiro atoms. The molecule has 3 N–H and O–H groups in total. The molecular weight excluding hydrogens is 532 g/mol. The van der Waals surface area contributed by atoms with E-state index < -0.39 is 6.04 Å². The normalized spacial score (nSPS) is 14.9. The van der Waals surface area contributed by atoms with Gasteiger partial charge in [0.1, 0.15) is 6.04 Å². The molecule has 3 aromatic carbocycles. The van der Waals surface area contributed by atoms with Crippen LogP contribution in [0.1, 0.15) is 36.5 Å². The van der Waals surface area contributed by atoms with E-state index in [0.717, 1.165) is 38.0 Å². The first kappa shape index (κ1) is 26.4. The molecule has 0 unspecified atom stereocenters. The van der Waals surface area contributed by atoms with Crippen LogP contribution in [0.4, 0.5) is 10.5 Å². The average molecular weight is 563 g/mol. The van der Waals surface area contributed by atoms with E-state index in [0.29, 0.717) is 32.4 Å². The van der Waals surface area contributed by atoms with Crippen molar-refractivity contribution >= 4 is 39.5 Å². The molecule has 1 aliphatic heterocycles. The van der Waals surface area contributed by atoms with Crippen LogP contribution in [0.15, 0.2) is 71.2 Å². The zero-order chi connectivity index (χ0) is 26.4. The van der Waals surface area contributed by atoms with Crippen LogP contribution < -0.4 is 20.9 Å². The average Bonchev–Trinajstić information content (AvgIpc) is 3.05. The molecule has 3 aromatic rings.